The van der Waals surface area contributed by atoms with Crippen molar-refractivity contribution in [1.82, 2.24) is 0 Å². The van der Waals surface area contributed by atoms with Crippen molar-refractivity contribution in [2.24, 2.45) is 0 Å². The van der Waals surface area contributed by atoms with Crippen LogP contribution in [0.15, 0.2) is 12.7 Å². The van der Waals surface area contributed by atoms with E-state index in [0.29, 0.717) is 6.08 Å². The number of phosphoric ester groups is 1. The van der Waals surface area contributed by atoms with E-state index in [2.05, 4.69) is 11.1 Å². The van der Waals surface area contributed by atoms with Crippen molar-refractivity contribution in [1.29, 1.82) is 0 Å². The number of carbonyl (C=O) groups excluding carboxylic acids is 1. The minimum Gasteiger partial charge on any atom is -0.780 e. The Kier molecular flexibility index (Phi) is 6.00. The van der Waals surface area contributed by atoms with Gasteiger partial charge in [-0.05, 0) is 0 Å². The molecule has 0 rings (SSSR count). The molecule has 10 heavy (non-hydrogen) atoms. The SMILES string of the molecule is C=CC(=O)OP(=O)([O-])[O-].[Zn+2]. The largest absolute Gasteiger partial charge is 2.00 e. The summed E-state index contributed by atoms with van der Waals surface area (Å²) in [5, 5.41) is 0. The van der Waals surface area contributed by atoms with Gasteiger partial charge in [-0.25, -0.2) is 4.79 Å². The van der Waals surface area contributed by atoms with Gasteiger partial charge < -0.3 is 18.9 Å². The van der Waals surface area contributed by atoms with Crippen molar-refractivity contribution in [3.8, 4) is 0 Å². The van der Waals surface area contributed by atoms with Crippen LogP contribution >= 0.6 is 7.82 Å². The van der Waals surface area contributed by atoms with Crippen LogP contribution in [0.3, 0.4) is 0 Å². The minimum atomic E-state index is -5.16. The predicted octanol–water partition coefficient (Wildman–Crippen LogP) is -1.46. The summed E-state index contributed by atoms with van der Waals surface area (Å²) >= 11 is 0. The van der Waals surface area contributed by atoms with Gasteiger partial charge in [-0.3, -0.25) is 0 Å². The Morgan fingerprint density at radius 2 is 2.00 bits per heavy atom. The second kappa shape index (κ2) is 4.75. The van der Waals surface area contributed by atoms with Gasteiger partial charge in [0.1, 0.15) is 7.82 Å². The average molecular weight is 215 g/mol. The van der Waals surface area contributed by atoms with Crippen LogP contribution in [0, 0.1) is 0 Å². The van der Waals surface area contributed by atoms with Crippen LogP contribution in [-0.4, -0.2) is 5.97 Å². The van der Waals surface area contributed by atoms with Gasteiger partial charge in [0.2, 0.25) is 0 Å². The molecule has 0 N–H and O–H groups in total. The number of hydrogen-bond acceptors (Lipinski definition) is 5. The second-order valence-corrected chi connectivity index (χ2v) is 2.14. The molecule has 0 heterocycles. The van der Waals surface area contributed by atoms with Gasteiger partial charge in [-0.2, -0.15) is 0 Å². The summed E-state index contributed by atoms with van der Waals surface area (Å²) in [6, 6.07) is 0. The minimum absolute atomic E-state index is 0. The molecule has 0 bridgehead atoms. The van der Waals surface area contributed by atoms with Crippen LogP contribution in [0.2, 0.25) is 0 Å². The zero-order valence-corrected chi connectivity index (χ0v) is 8.84. The molecule has 0 aliphatic rings. The summed E-state index contributed by atoms with van der Waals surface area (Å²) in [7, 11) is -5.16. The normalized spacial score (nSPS) is 9.40. The van der Waals surface area contributed by atoms with Gasteiger partial charge in [0.25, 0.3) is 0 Å². The maximum Gasteiger partial charge on any atom is 2.00 e. The topological polar surface area (TPSA) is 89.5 Å². The van der Waals surface area contributed by atoms with E-state index in [1.54, 1.807) is 0 Å². The molecule has 7 heteroatoms. The van der Waals surface area contributed by atoms with E-state index in [-0.39, 0.29) is 19.5 Å². The first kappa shape index (κ1) is 12.6. The van der Waals surface area contributed by atoms with Crippen molar-refractivity contribution >= 4 is 13.8 Å². The molecule has 0 fully saturated rings. The maximum absolute atomic E-state index is 9.91. The molecule has 0 radical (unpaired) electrons. The molecule has 0 aliphatic carbocycles. The molecular formula is C3H3O5PZn. The number of phosphoric acid groups is 1. The quantitative estimate of drug-likeness (QED) is 0.319. The van der Waals surface area contributed by atoms with Crippen LogP contribution in [0.1, 0.15) is 0 Å². The van der Waals surface area contributed by atoms with Gasteiger partial charge in [-0.15, -0.1) is 0 Å². The number of hydrogen-bond donors (Lipinski definition) is 0. The summed E-state index contributed by atoms with van der Waals surface area (Å²) < 4.78 is 12.9. The predicted molar refractivity (Wildman–Crippen MR) is 23.9 cm³/mol. The third-order valence-corrected chi connectivity index (χ3v) is 0.772. The molecule has 0 aromatic heterocycles. The fourth-order valence-corrected chi connectivity index (χ4v) is 0.442. The van der Waals surface area contributed by atoms with Gasteiger partial charge >= 0.3 is 25.4 Å². The molecule has 0 atom stereocenters. The monoisotopic (exact) mass is 214 g/mol. The Balaban J connectivity index is 0. The van der Waals surface area contributed by atoms with Crippen molar-refractivity contribution in [3.05, 3.63) is 12.7 Å². The first-order valence-corrected chi connectivity index (χ1v) is 3.30. The fourth-order valence-electron chi connectivity index (χ4n) is 0.147. The van der Waals surface area contributed by atoms with Gasteiger partial charge in [0, 0.05) is 6.08 Å². The van der Waals surface area contributed by atoms with Crippen LogP contribution < -0.4 is 9.79 Å². The first-order valence-electron chi connectivity index (χ1n) is 1.84. The fraction of sp³-hybridized carbons (Fsp3) is 0. The summed E-state index contributed by atoms with van der Waals surface area (Å²) in [6.45, 7) is 2.87. The van der Waals surface area contributed by atoms with E-state index in [9.17, 15) is 19.1 Å². The van der Waals surface area contributed by atoms with E-state index < -0.39 is 13.8 Å². The Morgan fingerprint density at radius 1 is 1.60 bits per heavy atom. The van der Waals surface area contributed by atoms with Crippen molar-refractivity contribution in [2.75, 3.05) is 0 Å². The van der Waals surface area contributed by atoms with Gasteiger partial charge in [-0.1, -0.05) is 6.58 Å². The Morgan fingerprint density at radius 3 is 2.10 bits per heavy atom. The first-order chi connectivity index (χ1) is 3.95. The van der Waals surface area contributed by atoms with Crippen molar-refractivity contribution < 1.29 is 43.1 Å². The average Bonchev–Trinajstić information content (AvgIpc) is 1.62. The molecule has 52 valence electrons. The van der Waals surface area contributed by atoms with Crippen LogP contribution in [0.5, 0.6) is 0 Å². The number of rotatable bonds is 2. The molecule has 0 aromatic rings. The molecule has 0 saturated heterocycles. The Hall–Kier alpha value is -0.0166. The maximum atomic E-state index is 9.91. The van der Waals surface area contributed by atoms with E-state index in [0.717, 1.165) is 0 Å². The van der Waals surface area contributed by atoms with Crippen LogP contribution in [0.4, 0.5) is 0 Å². The third-order valence-electron chi connectivity index (χ3n) is 0.368. The molecule has 0 amide bonds. The molecule has 0 saturated carbocycles. The molecule has 0 spiro atoms. The smallest absolute Gasteiger partial charge is 0.780 e. The molecule has 0 unspecified atom stereocenters. The van der Waals surface area contributed by atoms with Crippen molar-refractivity contribution in [3.63, 3.8) is 0 Å². The summed E-state index contributed by atoms with van der Waals surface area (Å²) in [4.78, 5) is 29.1. The third kappa shape index (κ3) is 7.98. The van der Waals surface area contributed by atoms with Crippen LogP contribution in [0.25, 0.3) is 0 Å². The van der Waals surface area contributed by atoms with Crippen LogP contribution in [-0.2, 0) is 33.4 Å². The molecule has 5 nitrogen and oxygen atoms in total. The zero-order valence-electron chi connectivity index (χ0n) is 4.98. The van der Waals surface area contributed by atoms with E-state index in [1.807, 2.05) is 0 Å². The molecular weight excluding hydrogens is 212 g/mol. The summed E-state index contributed by atoms with van der Waals surface area (Å²) in [5.74, 6) is -1.26. The van der Waals surface area contributed by atoms with Gasteiger partial charge in [0.15, 0.2) is 0 Å². The number of carbonyl (C=O) groups is 1. The summed E-state index contributed by atoms with van der Waals surface area (Å²) in [6.07, 6.45) is 0.586. The summed E-state index contributed by atoms with van der Waals surface area (Å²) in [5.41, 5.74) is 0. The Labute approximate surface area is 70.1 Å². The molecule has 0 aliphatic heterocycles. The van der Waals surface area contributed by atoms with Gasteiger partial charge in [0.05, 0.1) is 0 Å². The van der Waals surface area contributed by atoms with E-state index in [1.165, 1.54) is 0 Å². The molecule has 0 aromatic carbocycles. The standard InChI is InChI=1S/C3H5O5P.Zn/c1-2-3(4)8-9(5,6)7;/h2H,1H2,(H2,5,6,7);/q;+2/p-2. The second-order valence-electron chi connectivity index (χ2n) is 1.06. The van der Waals surface area contributed by atoms with E-state index in [4.69, 9.17) is 0 Å². The van der Waals surface area contributed by atoms with E-state index >= 15 is 0 Å². The van der Waals surface area contributed by atoms with Crippen molar-refractivity contribution in [2.45, 2.75) is 0 Å². The zero-order chi connectivity index (χ0) is 7.49. The Bertz CT molecular complexity index is 172.